The largest absolute Gasteiger partial charge is 0.385 e. The van der Waals surface area contributed by atoms with Crippen LogP contribution in [0, 0.1) is 0 Å². The zero-order chi connectivity index (χ0) is 28.8. The molecule has 0 bridgehead atoms. The number of ether oxygens (including phenoxy) is 2. The Morgan fingerprint density at radius 1 is 0.694 bits per heavy atom. The number of aromatic nitrogens is 4. The summed E-state index contributed by atoms with van der Waals surface area (Å²) >= 11 is 0. The van der Waals surface area contributed by atoms with Gasteiger partial charge >= 0.3 is 0 Å². The molecule has 0 atom stereocenters. The van der Waals surface area contributed by atoms with Crippen LogP contribution in [0.25, 0.3) is 0 Å². The van der Waals surface area contributed by atoms with Crippen molar-refractivity contribution in [2.45, 2.75) is 95.2 Å². The van der Waals surface area contributed by atoms with Gasteiger partial charge in [0.25, 0.3) is 0 Å². The van der Waals surface area contributed by atoms with Crippen molar-refractivity contribution in [2.24, 2.45) is 0 Å². The summed E-state index contributed by atoms with van der Waals surface area (Å²) in [6.07, 6.45) is 8.72. The van der Waals surface area contributed by atoms with Gasteiger partial charge < -0.3 is 18.6 Å². The fourth-order valence-corrected chi connectivity index (χ4v) is 2.30. The van der Waals surface area contributed by atoms with Crippen molar-refractivity contribution in [1.82, 2.24) is 19.1 Å². The van der Waals surface area contributed by atoms with Crippen molar-refractivity contribution in [3.8, 4) is 0 Å². The van der Waals surface area contributed by atoms with Crippen LogP contribution in [0.15, 0.2) is 24.8 Å². The normalized spacial score (nSPS) is 8.56. The lowest BCUT2D eigenvalue weighted by Gasteiger charge is -2.10. The van der Waals surface area contributed by atoms with Gasteiger partial charge in [-0.15, -0.1) is 0 Å². The topological polar surface area (TPSA) is 112 Å². The Kier molecular flexibility index (Phi) is 36.3. The minimum Gasteiger partial charge on any atom is -0.385 e. The highest BCUT2D eigenvalue weighted by Crippen LogP contribution is 2.09. The molecule has 10 heteroatoms. The molecule has 0 saturated heterocycles. The van der Waals surface area contributed by atoms with E-state index in [0.29, 0.717) is 25.0 Å². The Morgan fingerprint density at radius 3 is 1.31 bits per heavy atom. The number of rotatable bonds is 10. The average molecular weight is 515 g/mol. The van der Waals surface area contributed by atoms with Crippen molar-refractivity contribution in [3.05, 3.63) is 24.8 Å². The summed E-state index contributed by atoms with van der Waals surface area (Å²) in [5, 5.41) is 5.34. The second kappa shape index (κ2) is 32.3. The molecule has 0 fully saturated rings. The number of anilines is 2. The smallest absolute Gasteiger partial charge is 0.223 e. The molecule has 0 unspecified atom stereocenters. The standard InChI is InChI=1S/C13H18N6O2.C5H12O2.4C2H6/c1-10(20)16-12-14-4-8-18(12)6-3-7-19-9-5-15-13(19)17-11(2)21;1-6-4-3-5-7-2;4*1-2/h4-5,8-9H,3,6-7H2,1-2H3,(H,14,16,20)(H,15,17,21);3-5H2,1-2H3;4*1-2H3. The van der Waals surface area contributed by atoms with Crippen molar-refractivity contribution < 1.29 is 19.1 Å². The first-order valence-corrected chi connectivity index (χ1v) is 13.0. The highest BCUT2D eigenvalue weighted by atomic mass is 16.5. The molecule has 0 spiro atoms. The molecule has 0 aliphatic carbocycles. The van der Waals surface area contributed by atoms with Gasteiger partial charge in [0.15, 0.2) is 0 Å². The van der Waals surface area contributed by atoms with Crippen LogP contribution >= 0.6 is 0 Å². The van der Waals surface area contributed by atoms with E-state index in [-0.39, 0.29) is 11.8 Å². The molecule has 2 amide bonds. The maximum absolute atomic E-state index is 11.1. The number of nitrogens with zero attached hydrogens (tertiary/aromatic N) is 4. The fraction of sp³-hybridized carbons (Fsp3) is 0.692. The van der Waals surface area contributed by atoms with Crippen LogP contribution in [0.3, 0.4) is 0 Å². The third-order valence-corrected chi connectivity index (χ3v) is 3.50. The van der Waals surface area contributed by atoms with E-state index in [1.165, 1.54) is 13.8 Å². The van der Waals surface area contributed by atoms with Crippen molar-refractivity contribution >= 4 is 23.7 Å². The molecular formula is C26H54N6O4. The van der Waals surface area contributed by atoms with Crippen LogP contribution < -0.4 is 10.6 Å². The molecular weight excluding hydrogens is 460 g/mol. The Bertz CT molecular complexity index is 659. The van der Waals surface area contributed by atoms with Gasteiger partial charge in [-0.3, -0.25) is 20.2 Å². The number of hydrogen-bond acceptors (Lipinski definition) is 6. The van der Waals surface area contributed by atoms with Crippen LogP contribution in [0.5, 0.6) is 0 Å². The molecule has 0 radical (unpaired) electrons. The number of carbonyl (C=O) groups is 2. The average Bonchev–Trinajstić information content (AvgIpc) is 3.53. The molecule has 36 heavy (non-hydrogen) atoms. The molecule has 0 aliphatic rings. The molecule has 2 rings (SSSR count). The maximum Gasteiger partial charge on any atom is 0.223 e. The molecule has 2 N–H and O–H groups in total. The summed E-state index contributed by atoms with van der Waals surface area (Å²) in [4.78, 5) is 30.3. The SMILES string of the molecule is CC.CC.CC.CC.CC(=O)Nc1nccn1CCCn1ccnc1NC(C)=O.COCCCOC. The van der Waals surface area contributed by atoms with E-state index in [9.17, 15) is 9.59 Å². The van der Waals surface area contributed by atoms with Gasteiger partial charge in [0.2, 0.25) is 23.7 Å². The van der Waals surface area contributed by atoms with Crippen LogP contribution in [0.1, 0.15) is 82.1 Å². The zero-order valence-electron chi connectivity index (χ0n) is 25.0. The molecule has 2 aromatic rings. The lowest BCUT2D eigenvalue weighted by Crippen LogP contribution is -2.14. The van der Waals surface area contributed by atoms with Crippen LogP contribution in [0.2, 0.25) is 0 Å². The Labute approximate surface area is 220 Å². The van der Waals surface area contributed by atoms with Gasteiger partial charge in [-0.25, -0.2) is 9.97 Å². The number of methoxy groups -OCH3 is 2. The monoisotopic (exact) mass is 514 g/mol. The second-order valence-electron chi connectivity index (χ2n) is 5.94. The minimum atomic E-state index is -0.148. The predicted molar refractivity (Wildman–Crippen MR) is 151 cm³/mol. The highest BCUT2D eigenvalue weighted by molar-refractivity contribution is 5.87. The molecule has 0 aromatic carbocycles. The van der Waals surface area contributed by atoms with Gasteiger partial charge in [-0.2, -0.15) is 0 Å². The van der Waals surface area contributed by atoms with E-state index < -0.39 is 0 Å². The number of imidazole rings is 2. The highest BCUT2D eigenvalue weighted by Gasteiger charge is 2.06. The van der Waals surface area contributed by atoms with E-state index in [0.717, 1.165) is 26.1 Å². The first-order valence-electron chi connectivity index (χ1n) is 13.0. The maximum atomic E-state index is 11.1. The van der Waals surface area contributed by atoms with Crippen molar-refractivity contribution in [3.63, 3.8) is 0 Å². The summed E-state index contributed by atoms with van der Waals surface area (Å²) in [5.41, 5.74) is 0. The van der Waals surface area contributed by atoms with Gasteiger partial charge in [0.05, 0.1) is 0 Å². The van der Waals surface area contributed by atoms with Gasteiger partial charge in [0, 0.05) is 79.2 Å². The van der Waals surface area contributed by atoms with Crippen molar-refractivity contribution in [2.75, 3.05) is 38.1 Å². The summed E-state index contributed by atoms with van der Waals surface area (Å²) in [6.45, 7) is 21.9. The number of amides is 2. The Morgan fingerprint density at radius 2 is 1.03 bits per heavy atom. The third-order valence-electron chi connectivity index (χ3n) is 3.50. The van der Waals surface area contributed by atoms with E-state index in [1.54, 1.807) is 26.6 Å². The fourth-order valence-electron chi connectivity index (χ4n) is 2.30. The summed E-state index contributed by atoms with van der Waals surface area (Å²) < 4.78 is 13.3. The van der Waals surface area contributed by atoms with Crippen LogP contribution in [0.4, 0.5) is 11.9 Å². The predicted octanol–water partition coefficient (Wildman–Crippen LogP) is 5.86. The Hall–Kier alpha value is -2.72. The molecule has 212 valence electrons. The van der Waals surface area contributed by atoms with E-state index in [2.05, 4.69) is 20.6 Å². The molecule has 0 saturated carbocycles. The first kappa shape index (κ1) is 40.4. The minimum absolute atomic E-state index is 0.148. The van der Waals surface area contributed by atoms with Gasteiger partial charge in [-0.05, 0) is 12.8 Å². The van der Waals surface area contributed by atoms with E-state index in [4.69, 9.17) is 9.47 Å². The van der Waals surface area contributed by atoms with E-state index >= 15 is 0 Å². The van der Waals surface area contributed by atoms with E-state index in [1.807, 2.05) is 76.9 Å². The number of nitrogens with one attached hydrogen (secondary N) is 2. The summed E-state index contributed by atoms with van der Waals surface area (Å²) in [5.74, 6) is 0.778. The molecule has 2 heterocycles. The number of hydrogen-bond donors (Lipinski definition) is 2. The van der Waals surface area contributed by atoms with Crippen LogP contribution in [-0.4, -0.2) is 58.3 Å². The number of aryl methyl sites for hydroxylation is 2. The van der Waals surface area contributed by atoms with Crippen molar-refractivity contribution in [1.29, 1.82) is 0 Å². The lowest BCUT2D eigenvalue weighted by atomic mass is 10.4. The number of carbonyl (C=O) groups excluding carboxylic acids is 2. The molecule has 0 aliphatic heterocycles. The first-order chi connectivity index (χ1) is 17.5. The quantitative estimate of drug-likeness (QED) is 0.384. The molecule has 10 nitrogen and oxygen atoms in total. The lowest BCUT2D eigenvalue weighted by molar-refractivity contribution is -0.115. The van der Waals surface area contributed by atoms with Gasteiger partial charge in [0.1, 0.15) is 0 Å². The molecule has 2 aromatic heterocycles. The summed E-state index contributed by atoms with van der Waals surface area (Å²) in [7, 11) is 3.38. The summed E-state index contributed by atoms with van der Waals surface area (Å²) in [6, 6.07) is 0. The van der Waals surface area contributed by atoms with Crippen LogP contribution in [-0.2, 0) is 32.2 Å². The van der Waals surface area contributed by atoms with Gasteiger partial charge in [-0.1, -0.05) is 55.4 Å². The third kappa shape index (κ3) is 23.0. The Balaban J connectivity index is -0.000000287. The zero-order valence-corrected chi connectivity index (χ0v) is 25.0. The second-order valence-corrected chi connectivity index (χ2v) is 5.94.